The Hall–Kier alpha value is -0.520. The van der Waals surface area contributed by atoms with Gasteiger partial charge < -0.3 is 0 Å². The first kappa shape index (κ1) is 2.71. The number of hydrogen-bond acceptors (Lipinski definition) is 0. The van der Waals surface area contributed by atoms with Gasteiger partial charge in [0.25, 0.3) is 0 Å². The zero-order valence-electron chi connectivity index (χ0n) is 5.09. The molecule has 0 radical (unpaired) electrons. The quantitative estimate of drug-likeness (QED) is 0.400. The molecule has 2 atom stereocenters. The van der Waals surface area contributed by atoms with Crippen molar-refractivity contribution in [3.8, 4) is 0 Å². The Morgan fingerprint density at radius 2 is 2.14 bits per heavy atom. The van der Waals surface area contributed by atoms with Gasteiger partial charge in [-0.2, -0.15) is 0 Å². The van der Waals surface area contributed by atoms with Crippen molar-refractivity contribution in [1.29, 1.82) is 0 Å². The van der Waals surface area contributed by atoms with Gasteiger partial charge in [0.1, 0.15) is 0 Å². The van der Waals surface area contributed by atoms with Crippen LogP contribution in [0.25, 0.3) is 0 Å². The first-order chi connectivity index (χ1) is 3.86. The van der Waals surface area contributed by atoms with E-state index in [9.17, 15) is 0 Å². The molecule has 1 unspecified atom stereocenters. The third-order valence-electron chi connectivity index (χ3n) is 1.64. The van der Waals surface area contributed by atoms with Crippen molar-refractivity contribution in [2.45, 2.75) is 6.42 Å². The highest BCUT2D eigenvalue weighted by Crippen LogP contribution is 2.31. The Morgan fingerprint density at radius 3 is 2.43 bits per heavy atom. The van der Waals surface area contributed by atoms with E-state index in [0.29, 0.717) is 11.8 Å². The van der Waals surface area contributed by atoms with Crippen LogP contribution < -0.4 is 0 Å². The summed E-state index contributed by atoms with van der Waals surface area (Å²) in [6, 6.07) is 0.831. The molecule has 0 aliphatic heterocycles. The largest absolute Gasteiger partial charge is 0.0810 e. The minimum absolute atomic E-state index is 0.486. The number of allylic oxidation sites excluding steroid dienone is 4. The van der Waals surface area contributed by atoms with Crippen LogP contribution in [0.3, 0.4) is 0 Å². The summed E-state index contributed by atoms with van der Waals surface area (Å²) < 4.78 is 7.33. The molecule has 0 heteroatoms. The van der Waals surface area contributed by atoms with Crippen molar-refractivity contribution in [3.05, 3.63) is 24.3 Å². The number of fused-ring (bicyclic) bond motifs is 2. The summed E-state index contributed by atoms with van der Waals surface area (Å²) in [5.41, 5.74) is 0. The zero-order chi connectivity index (χ0) is 5.56. The summed E-state index contributed by atoms with van der Waals surface area (Å²) in [5.74, 6) is 1.10. The van der Waals surface area contributed by atoms with Gasteiger partial charge in [-0.1, -0.05) is 24.3 Å². The first-order valence-electron chi connectivity index (χ1n) is 3.23. The SMILES string of the molecule is [2H]C1=CC2C=C[C@@H]1C2. The Kier molecular flexibility index (Phi) is 0.387. The van der Waals surface area contributed by atoms with Gasteiger partial charge in [-0.05, 0) is 18.3 Å². The predicted molar refractivity (Wildman–Crippen MR) is 29.9 cm³/mol. The van der Waals surface area contributed by atoms with E-state index in [1.165, 1.54) is 6.42 Å². The predicted octanol–water partition coefficient (Wildman–Crippen LogP) is 1.75. The van der Waals surface area contributed by atoms with E-state index >= 15 is 0 Å². The minimum atomic E-state index is 0.486. The van der Waals surface area contributed by atoms with Gasteiger partial charge in [0, 0.05) is 0 Å². The highest BCUT2D eigenvalue weighted by atomic mass is 14.2. The molecule has 2 rings (SSSR count). The summed E-state index contributed by atoms with van der Waals surface area (Å²) in [6.45, 7) is 0. The summed E-state index contributed by atoms with van der Waals surface area (Å²) in [4.78, 5) is 0. The Balaban J connectivity index is 2.36. The monoisotopic (exact) mass is 93.1 g/mol. The van der Waals surface area contributed by atoms with Crippen LogP contribution in [0.15, 0.2) is 24.3 Å². The van der Waals surface area contributed by atoms with Crippen molar-refractivity contribution in [2.24, 2.45) is 11.8 Å². The van der Waals surface area contributed by atoms with E-state index < -0.39 is 0 Å². The van der Waals surface area contributed by atoms with Crippen LogP contribution in [0, 0.1) is 11.8 Å². The highest BCUT2D eigenvalue weighted by molar-refractivity contribution is 5.21. The fraction of sp³-hybridized carbons (Fsp3) is 0.429. The van der Waals surface area contributed by atoms with E-state index in [2.05, 4.69) is 12.2 Å². The Bertz CT molecular complexity index is 167. The van der Waals surface area contributed by atoms with Gasteiger partial charge in [0.15, 0.2) is 0 Å². The summed E-state index contributed by atoms with van der Waals surface area (Å²) in [6.07, 6.45) is 7.57. The van der Waals surface area contributed by atoms with Crippen molar-refractivity contribution in [2.75, 3.05) is 0 Å². The molecule has 0 saturated carbocycles. The molecule has 0 amide bonds. The molecule has 0 aromatic heterocycles. The van der Waals surface area contributed by atoms with Crippen LogP contribution in [0.5, 0.6) is 0 Å². The van der Waals surface area contributed by atoms with Gasteiger partial charge in [0.05, 0.1) is 1.37 Å². The van der Waals surface area contributed by atoms with E-state index in [1.54, 1.807) is 0 Å². The molecular weight excluding hydrogens is 84.1 g/mol. The Morgan fingerprint density at radius 1 is 1.29 bits per heavy atom. The summed E-state index contributed by atoms with van der Waals surface area (Å²) in [7, 11) is 0. The van der Waals surface area contributed by atoms with Gasteiger partial charge >= 0.3 is 0 Å². The van der Waals surface area contributed by atoms with Crippen molar-refractivity contribution in [3.63, 3.8) is 0 Å². The Labute approximate surface area is 44.9 Å². The van der Waals surface area contributed by atoms with Crippen molar-refractivity contribution < 1.29 is 1.37 Å². The fourth-order valence-corrected chi connectivity index (χ4v) is 1.22. The lowest BCUT2D eigenvalue weighted by atomic mass is 10.2. The lowest BCUT2D eigenvalue weighted by Crippen LogP contribution is -1.79. The van der Waals surface area contributed by atoms with Gasteiger partial charge in [0.2, 0.25) is 0 Å². The average molecular weight is 93.1 g/mol. The molecule has 0 nitrogen and oxygen atoms in total. The van der Waals surface area contributed by atoms with E-state index in [0.717, 1.165) is 6.05 Å². The molecule has 0 saturated heterocycles. The highest BCUT2D eigenvalue weighted by Gasteiger charge is 2.19. The molecule has 2 aliphatic carbocycles. The second-order valence-corrected chi connectivity index (χ2v) is 2.22. The molecule has 0 heterocycles. The van der Waals surface area contributed by atoms with Crippen molar-refractivity contribution in [1.82, 2.24) is 0 Å². The van der Waals surface area contributed by atoms with Crippen LogP contribution >= 0.6 is 0 Å². The van der Waals surface area contributed by atoms with Gasteiger partial charge in [-0.3, -0.25) is 0 Å². The smallest absolute Gasteiger partial charge is 0.0579 e. The second-order valence-electron chi connectivity index (χ2n) is 2.22. The lowest BCUT2D eigenvalue weighted by Gasteiger charge is -1.88. The molecule has 36 valence electrons. The third-order valence-corrected chi connectivity index (χ3v) is 1.64. The van der Waals surface area contributed by atoms with E-state index in [-0.39, 0.29) is 0 Å². The topological polar surface area (TPSA) is 0 Å². The maximum Gasteiger partial charge on any atom is 0.0579 e. The lowest BCUT2D eigenvalue weighted by molar-refractivity contribution is 0.732. The van der Waals surface area contributed by atoms with Crippen LogP contribution in [0.1, 0.15) is 7.79 Å². The second kappa shape index (κ2) is 1.00. The first-order valence-corrected chi connectivity index (χ1v) is 2.73. The van der Waals surface area contributed by atoms with Crippen LogP contribution in [-0.4, -0.2) is 0 Å². The molecule has 2 bridgehead atoms. The van der Waals surface area contributed by atoms with Crippen molar-refractivity contribution >= 4 is 0 Å². The molecule has 0 aromatic rings. The normalized spacial score (nSPS) is 46.9. The molecular formula is C7H8. The molecule has 0 aromatic carbocycles. The van der Waals surface area contributed by atoms with Crippen LogP contribution in [-0.2, 0) is 0 Å². The number of hydrogen-bond donors (Lipinski definition) is 0. The summed E-state index contributed by atoms with van der Waals surface area (Å²) in [5, 5.41) is 0. The molecule has 0 spiro atoms. The standard InChI is InChI=1S/C7H8/c1-2-7-4-3-6(1)5-7/h1-4,6-7H,5H2/t6-,7?/i1D/m1/s1. The average Bonchev–Trinajstić information content (AvgIpc) is 2.23. The van der Waals surface area contributed by atoms with Gasteiger partial charge in [-0.25, -0.2) is 0 Å². The zero-order valence-corrected chi connectivity index (χ0v) is 4.09. The van der Waals surface area contributed by atoms with E-state index in [1.807, 2.05) is 6.08 Å². The molecule has 7 heavy (non-hydrogen) atoms. The molecule has 2 aliphatic rings. The fourth-order valence-electron chi connectivity index (χ4n) is 1.22. The van der Waals surface area contributed by atoms with Gasteiger partial charge in [-0.15, -0.1) is 0 Å². The number of rotatable bonds is 0. The molecule has 0 N–H and O–H groups in total. The summed E-state index contributed by atoms with van der Waals surface area (Å²) >= 11 is 0. The third kappa shape index (κ3) is 0.365. The van der Waals surface area contributed by atoms with E-state index in [4.69, 9.17) is 1.37 Å². The molecule has 0 fully saturated rings. The maximum atomic E-state index is 7.33. The van der Waals surface area contributed by atoms with Crippen LogP contribution in [0.4, 0.5) is 0 Å². The van der Waals surface area contributed by atoms with Crippen LogP contribution in [0.2, 0.25) is 0 Å². The minimum Gasteiger partial charge on any atom is -0.0810 e. The maximum absolute atomic E-state index is 7.33.